The van der Waals surface area contributed by atoms with Crippen LogP contribution in [0.1, 0.15) is 31.6 Å². The molecule has 0 radical (unpaired) electrons. The molecule has 182 valence electrons. The number of hydrogen-bond acceptors (Lipinski definition) is 6. The van der Waals surface area contributed by atoms with E-state index in [2.05, 4.69) is 16.8 Å². The van der Waals surface area contributed by atoms with Crippen molar-refractivity contribution in [2.24, 2.45) is 0 Å². The minimum Gasteiger partial charge on any atom is -0.494 e. The summed E-state index contributed by atoms with van der Waals surface area (Å²) in [6.45, 7) is 2.22. The van der Waals surface area contributed by atoms with Crippen LogP contribution in [-0.4, -0.2) is 43.9 Å². The van der Waals surface area contributed by atoms with Crippen molar-refractivity contribution >= 4 is 11.4 Å². The maximum absolute atomic E-state index is 14.5. The number of fused-ring (bicyclic) bond motifs is 1. The molecule has 1 amide bonds. The number of nitrogens with zero attached hydrogens (tertiary/aromatic N) is 4. The van der Waals surface area contributed by atoms with Gasteiger partial charge in [-0.15, -0.1) is 0 Å². The number of benzene rings is 2. The summed E-state index contributed by atoms with van der Waals surface area (Å²) in [6, 6.07) is 11.3. The molecule has 8 nitrogen and oxygen atoms in total. The van der Waals surface area contributed by atoms with Gasteiger partial charge >= 0.3 is 0 Å². The van der Waals surface area contributed by atoms with E-state index in [-0.39, 0.29) is 29.3 Å². The van der Waals surface area contributed by atoms with Crippen LogP contribution in [0, 0.1) is 17.7 Å². The van der Waals surface area contributed by atoms with E-state index in [0.717, 1.165) is 12.8 Å². The van der Waals surface area contributed by atoms with Gasteiger partial charge in [0, 0.05) is 24.5 Å². The number of halogens is 1. The number of amides is 1. The van der Waals surface area contributed by atoms with Crippen LogP contribution in [0.3, 0.4) is 0 Å². The van der Waals surface area contributed by atoms with Gasteiger partial charge in [-0.2, -0.15) is 4.39 Å². The molecule has 1 N–H and O–H groups in total. The molecule has 1 atom stereocenters. The molecule has 0 saturated carbocycles. The quantitative estimate of drug-likeness (QED) is 0.411. The van der Waals surface area contributed by atoms with Gasteiger partial charge in [0.2, 0.25) is 11.7 Å². The number of aromatic nitrogens is 3. The van der Waals surface area contributed by atoms with Crippen molar-refractivity contribution in [1.29, 1.82) is 0 Å². The molecule has 1 aliphatic heterocycles. The molecule has 1 saturated heterocycles. The van der Waals surface area contributed by atoms with Crippen LogP contribution in [0.4, 0.5) is 4.39 Å². The van der Waals surface area contributed by atoms with Gasteiger partial charge in [0.25, 0.3) is 5.91 Å². The Bertz CT molecular complexity index is 1500. The zero-order valence-electron chi connectivity index (χ0n) is 19.7. The number of methoxy groups -OCH3 is 1. The highest BCUT2D eigenvalue weighted by Gasteiger charge is 2.33. The molecular formula is C27H23FN4O4. The number of imidazole rings is 1. The van der Waals surface area contributed by atoms with Crippen molar-refractivity contribution < 1.29 is 23.8 Å². The average Bonchev–Trinajstić information content (AvgIpc) is 3.52. The summed E-state index contributed by atoms with van der Waals surface area (Å²) in [6.07, 6.45) is 4.77. The van der Waals surface area contributed by atoms with E-state index in [9.17, 15) is 14.3 Å². The van der Waals surface area contributed by atoms with Crippen molar-refractivity contribution in [1.82, 2.24) is 19.3 Å². The predicted octanol–water partition coefficient (Wildman–Crippen LogP) is 4.73. The van der Waals surface area contributed by atoms with Crippen molar-refractivity contribution in [2.75, 3.05) is 13.7 Å². The molecule has 4 aromatic rings. The molecule has 0 aliphatic carbocycles. The molecule has 36 heavy (non-hydrogen) atoms. The average molecular weight is 487 g/mol. The second-order valence-corrected chi connectivity index (χ2v) is 8.22. The Hall–Kier alpha value is -4.58. The predicted molar refractivity (Wildman–Crippen MR) is 130 cm³/mol. The van der Waals surface area contributed by atoms with Gasteiger partial charge < -0.3 is 19.5 Å². The third-order valence-electron chi connectivity index (χ3n) is 6.11. The highest BCUT2D eigenvalue weighted by Crippen LogP contribution is 2.38. The highest BCUT2D eigenvalue weighted by atomic mass is 19.1. The lowest BCUT2D eigenvalue weighted by Gasteiger charge is -2.21. The van der Waals surface area contributed by atoms with Gasteiger partial charge in [-0.1, -0.05) is 12.0 Å². The topological polar surface area (TPSA) is 89.2 Å². The fourth-order valence-electron chi connectivity index (χ4n) is 4.47. The first kappa shape index (κ1) is 23.2. The van der Waals surface area contributed by atoms with Crippen molar-refractivity contribution in [3.63, 3.8) is 0 Å². The zero-order valence-corrected chi connectivity index (χ0v) is 19.7. The Morgan fingerprint density at radius 2 is 1.97 bits per heavy atom. The summed E-state index contributed by atoms with van der Waals surface area (Å²) in [7, 11) is 1.39. The molecule has 2 aromatic carbocycles. The molecule has 0 spiro atoms. The summed E-state index contributed by atoms with van der Waals surface area (Å²) in [5.74, 6) is 5.45. The third-order valence-corrected chi connectivity index (χ3v) is 6.11. The van der Waals surface area contributed by atoms with Crippen LogP contribution in [0.15, 0.2) is 54.9 Å². The maximum atomic E-state index is 14.5. The summed E-state index contributed by atoms with van der Waals surface area (Å²) in [5.41, 5.74) is 1.64. The van der Waals surface area contributed by atoms with Gasteiger partial charge in [0.05, 0.1) is 13.2 Å². The second kappa shape index (κ2) is 9.58. The van der Waals surface area contributed by atoms with Crippen LogP contribution in [-0.2, 0) is 4.79 Å². The SMILES string of the molecule is CC#CC(=O)N1CCC[C@H]1c1nc(-c2ccc(Oc3cccc(OC)c3F)cc2)c2c(O)nccn12. The molecular weight excluding hydrogens is 463 g/mol. The van der Waals surface area contributed by atoms with E-state index in [0.29, 0.717) is 34.9 Å². The number of aromatic hydroxyl groups is 1. The number of carbonyl (C=O) groups excluding carboxylic acids is 1. The van der Waals surface area contributed by atoms with E-state index in [1.807, 2.05) is 0 Å². The van der Waals surface area contributed by atoms with Gasteiger partial charge in [-0.25, -0.2) is 9.97 Å². The first-order valence-electron chi connectivity index (χ1n) is 11.4. The van der Waals surface area contributed by atoms with Crippen LogP contribution < -0.4 is 9.47 Å². The van der Waals surface area contributed by atoms with Gasteiger partial charge in [0.1, 0.15) is 22.8 Å². The zero-order chi connectivity index (χ0) is 25.2. The number of rotatable bonds is 5. The van der Waals surface area contributed by atoms with Gasteiger partial charge in [-0.3, -0.25) is 9.20 Å². The standard InChI is InChI=1S/C27H23FN4O4/c1-3-6-22(33)31-15-5-7-19(31)26-30-24(25-27(34)29-14-16-32(25)26)17-10-12-18(13-11-17)36-21-9-4-8-20(35-2)23(21)28/h4,8-14,16,19H,5,7,15H2,1-2H3,(H,29,34)/t19-/m0/s1. The van der Waals surface area contributed by atoms with E-state index >= 15 is 0 Å². The maximum Gasteiger partial charge on any atom is 0.299 e. The molecule has 5 rings (SSSR count). The number of hydrogen-bond donors (Lipinski definition) is 1. The fraction of sp³-hybridized carbons (Fsp3) is 0.222. The fourth-order valence-corrected chi connectivity index (χ4v) is 4.47. The smallest absolute Gasteiger partial charge is 0.299 e. The van der Waals surface area contributed by atoms with Crippen LogP contribution in [0.25, 0.3) is 16.8 Å². The Kier molecular flexibility index (Phi) is 6.17. The first-order chi connectivity index (χ1) is 17.5. The summed E-state index contributed by atoms with van der Waals surface area (Å²) in [4.78, 5) is 23.2. The van der Waals surface area contributed by atoms with E-state index in [1.165, 1.54) is 25.4 Å². The molecule has 1 fully saturated rings. The molecule has 0 unspecified atom stereocenters. The second-order valence-electron chi connectivity index (χ2n) is 8.22. The Morgan fingerprint density at radius 3 is 2.72 bits per heavy atom. The lowest BCUT2D eigenvalue weighted by Crippen LogP contribution is -2.30. The van der Waals surface area contributed by atoms with Gasteiger partial charge in [0.15, 0.2) is 11.5 Å². The van der Waals surface area contributed by atoms with E-state index in [1.54, 1.807) is 52.8 Å². The Morgan fingerprint density at radius 1 is 1.19 bits per heavy atom. The number of carbonyl (C=O) groups is 1. The normalized spacial score (nSPS) is 15.0. The first-order valence-corrected chi connectivity index (χ1v) is 11.4. The van der Waals surface area contributed by atoms with E-state index < -0.39 is 5.82 Å². The summed E-state index contributed by atoms with van der Waals surface area (Å²) >= 11 is 0. The molecule has 3 heterocycles. The lowest BCUT2D eigenvalue weighted by molar-refractivity contribution is -0.126. The third kappa shape index (κ3) is 4.07. The molecule has 1 aliphatic rings. The minimum absolute atomic E-state index is 0.0415. The number of likely N-dealkylation sites (tertiary alicyclic amines) is 1. The summed E-state index contributed by atoms with van der Waals surface area (Å²) in [5, 5.41) is 10.6. The Labute approximate surface area is 206 Å². The highest BCUT2D eigenvalue weighted by molar-refractivity contribution is 5.94. The van der Waals surface area contributed by atoms with Gasteiger partial charge in [-0.05, 0) is 62.1 Å². The molecule has 0 bridgehead atoms. The number of ether oxygens (including phenoxy) is 2. The lowest BCUT2D eigenvalue weighted by atomic mass is 10.1. The van der Waals surface area contributed by atoms with Crippen LogP contribution in [0.5, 0.6) is 23.1 Å². The Balaban J connectivity index is 1.52. The van der Waals surface area contributed by atoms with Crippen molar-refractivity contribution in [3.8, 4) is 46.2 Å². The van der Waals surface area contributed by atoms with Crippen molar-refractivity contribution in [3.05, 3.63) is 66.5 Å². The monoisotopic (exact) mass is 486 g/mol. The van der Waals surface area contributed by atoms with Crippen LogP contribution in [0.2, 0.25) is 0 Å². The molecule has 9 heteroatoms. The minimum atomic E-state index is -0.590. The van der Waals surface area contributed by atoms with Crippen molar-refractivity contribution in [2.45, 2.75) is 25.8 Å². The summed E-state index contributed by atoms with van der Waals surface area (Å²) < 4.78 is 27.0. The van der Waals surface area contributed by atoms with E-state index in [4.69, 9.17) is 14.5 Å². The largest absolute Gasteiger partial charge is 0.494 e. The van der Waals surface area contributed by atoms with Crippen LogP contribution >= 0.6 is 0 Å². The molecule has 2 aromatic heterocycles.